The molecular formula is C11H19F3N2O3. The fourth-order valence-corrected chi connectivity index (χ4v) is 1.23. The van der Waals surface area contributed by atoms with E-state index in [-0.39, 0.29) is 25.7 Å². The van der Waals surface area contributed by atoms with Crippen LogP contribution in [0.1, 0.15) is 20.8 Å². The Bertz CT molecular complexity index is 306. The Hall–Kier alpha value is -1.31. The zero-order valence-corrected chi connectivity index (χ0v) is 11.2. The van der Waals surface area contributed by atoms with E-state index < -0.39 is 24.6 Å². The van der Waals surface area contributed by atoms with Crippen molar-refractivity contribution in [3.05, 3.63) is 0 Å². The van der Waals surface area contributed by atoms with Gasteiger partial charge in [-0.25, -0.2) is 0 Å². The van der Waals surface area contributed by atoms with E-state index in [2.05, 4.69) is 0 Å². The average molecular weight is 284 g/mol. The highest BCUT2D eigenvalue weighted by molar-refractivity contribution is 5.79. The molecule has 1 amide bonds. The van der Waals surface area contributed by atoms with Crippen LogP contribution in [0.3, 0.4) is 0 Å². The summed E-state index contributed by atoms with van der Waals surface area (Å²) in [6, 6.07) is -0.166. The van der Waals surface area contributed by atoms with Crippen LogP contribution < -0.4 is 5.32 Å². The Kier molecular flexibility index (Phi) is 7.43. The number of esters is 1. The molecule has 0 radical (unpaired) electrons. The molecule has 5 nitrogen and oxygen atoms in total. The molecule has 0 aromatic heterocycles. The number of amides is 1. The first-order valence-corrected chi connectivity index (χ1v) is 5.88. The molecule has 0 saturated heterocycles. The maximum atomic E-state index is 11.9. The summed E-state index contributed by atoms with van der Waals surface area (Å²) >= 11 is 0. The Morgan fingerprint density at radius 3 is 2.26 bits per heavy atom. The molecule has 0 saturated carbocycles. The number of rotatable bonds is 7. The molecule has 0 atom stereocenters. The molecule has 0 aliphatic heterocycles. The van der Waals surface area contributed by atoms with Gasteiger partial charge in [-0.2, -0.15) is 13.2 Å². The molecule has 0 heterocycles. The first-order chi connectivity index (χ1) is 8.65. The van der Waals surface area contributed by atoms with E-state index in [0.717, 1.165) is 0 Å². The van der Waals surface area contributed by atoms with Gasteiger partial charge < -0.3 is 10.1 Å². The van der Waals surface area contributed by atoms with Crippen LogP contribution in [-0.2, 0) is 14.3 Å². The standard InChI is InChI=1S/C11H19F3N2O3/c1-4-19-10(18)6-16(8(2)3)5-9(17)15-7-11(12,13)14/h8H,4-7H2,1-3H3,(H,15,17). The third kappa shape index (κ3) is 9.29. The SMILES string of the molecule is CCOC(=O)CN(CC(=O)NCC(F)(F)F)C(C)C. The molecule has 0 rings (SSSR count). The minimum absolute atomic E-state index is 0.134. The zero-order valence-electron chi connectivity index (χ0n) is 11.2. The lowest BCUT2D eigenvalue weighted by atomic mass is 10.3. The molecule has 1 N–H and O–H groups in total. The Morgan fingerprint density at radius 2 is 1.84 bits per heavy atom. The first kappa shape index (κ1) is 17.7. The van der Waals surface area contributed by atoms with Crippen LogP contribution in [0.2, 0.25) is 0 Å². The monoisotopic (exact) mass is 284 g/mol. The van der Waals surface area contributed by atoms with Gasteiger partial charge in [-0.3, -0.25) is 14.5 Å². The highest BCUT2D eigenvalue weighted by atomic mass is 19.4. The molecule has 0 aliphatic rings. The Balaban J connectivity index is 4.27. The number of ether oxygens (including phenoxy) is 1. The highest BCUT2D eigenvalue weighted by Gasteiger charge is 2.28. The van der Waals surface area contributed by atoms with Gasteiger partial charge in [-0.15, -0.1) is 0 Å². The molecule has 0 fully saturated rings. The van der Waals surface area contributed by atoms with E-state index in [4.69, 9.17) is 4.74 Å². The predicted octanol–water partition coefficient (Wildman–Crippen LogP) is 0.938. The molecular weight excluding hydrogens is 265 g/mol. The zero-order chi connectivity index (χ0) is 15.1. The molecule has 0 bridgehead atoms. The number of alkyl halides is 3. The Morgan fingerprint density at radius 1 is 1.26 bits per heavy atom. The number of hydrogen-bond acceptors (Lipinski definition) is 4. The average Bonchev–Trinajstić information content (AvgIpc) is 2.24. The van der Waals surface area contributed by atoms with E-state index in [1.165, 1.54) is 4.90 Å². The van der Waals surface area contributed by atoms with Crippen LogP contribution in [0.5, 0.6) is 0 Å². The summed E-state index contributed by atoms with van der Waals surface area (Å²) in [6.45, 7) is 3.53. The smallest absolute Gasteiger partial charge is 0.405 e. The number of nitrogens with zero attached hydrogens (tertiary/aromatic N) is 1. The van der Waals surface area contributed by atoms with Crippen molar-refractivity contribution in [3.63, 3.8) is 0 Å². The summed E-state index contributed by atoms with van der Waals surface area (Å²) in [6.07, 6.45) is -4.44. The van der Waals surface area contributed by atoms with Crippen LogP contribution in [0.4, 0.5) is 13.2 Å². The van der Waals surface area contributed by atoms with E-state index in [0.29, 0.717) is 0 Å². The molecule has 0 aromatic rings. The third-order valence-corrected chi connectivity index (χ3v) is 2.20. The van der Waals surface area contributed by atoms with Gasteiger partial charge in [0.2, 0.25) is 5.91 Å². The van der Waals surface area contributed by atoms with Crippen molar-refractivity contribution in [1.29, 1.82) is 0 Å². The summed E-state index contributed by atoms with van der Waals surface area (Å²) in [5.41, 5.74) is 0. The lowest BCUT2D eigenvalue weighted by Gasteiger charge is -2.24. The van der Waals surface area contributed by atoms with E-state index in [9.17, 15) is 22.8 Å². The van der Waals surface area contributed by atoms with Crippen LogP contribution >= 0.6 is 0 Å². The van der Waals surface area contributed by atoms with Crippen molar-refractivity contribution in [1.82, 2.24) is 10.2 Å². The predicted molar refractivity (Wildman–Crippen MR) is 62.4 cm³/mol. The van der Waals surface area contributed by atoms with Crippen molar-refractivity contribution in [3.8, 4) is 0 Å². The van der Waals surface area contributed by atoms with Gasteiger partial charge >= 0.3 is 12.1 Å². The number of halogens is 3. The number of nitrogens with one attached hydrogen (secondary N) is 1. The van der Waals surface area contributed by atoms with Crippen molar-refractivity contribution >= 4 is 11.9 Å². The van der Waals surface area contributed by atoms with Crippen molar-refractivity contribution in [2.75, 3.05) is 26.2 Å². The van der Waals surface area contributed by atoms with Crippen molar-refractivity contribution in [2.45, 2.75) is 33.0 Å². The minimum Gasteiger partial charge on any atom is -0.465 e. The van der Waals surface area contributed by atoms with Gasteiger partial charge in [-0.1, -0.05) is 0 Å². The molecule has 0 spiro atoms. The van der Waals surface area contributed by atoms with Gasteiger partial charge in [0.15, 0.2) is 0 Å². The molecule has 0 aromatic carbocycles. The van der Waals surface area contributed by atoms with Crippen LogP contribution in [-0.4, -0.2) is 55.2 Å². The maximum absolute atomic E-state index is 11.9. The molecule has 0 unspecified atom stereocenters. The van der Waals surface area contributed by atoms with Crippen LogP contribution in [0.15, 0.2) is 0 Å². The summed E-state index contributed by atoms with van der Waals surface area (Å²) < 4.78 is 40.5. The summed E-state index contributed by atoms with van der Waals surface area (Å²) in [5.74, 6) is -1.30. The Labute approximate surface area is 110 Å². The van der Waals surface area contributed by atoms with Crippen molar-refractivity contribution in [2.24, 2.45) is 0 Å². The lowest BCUT2D eigenvalue weighted by Crippen LogP contribution is -2.45. The topological polar surface area (TPSA) is 58.6 Å². The molecule has 112 valence electrons. The maximum Gasteiger partial charge on any atom is 0.405 e. The van der Waals surface area contributed by atoms with Gasteiger partial charge in [0.1, 0.15) is 6.54 Å². The van der Waals surface area contributed by atoms with Crippen LogP contribution in [0, 0.1) is 0 Å². The number of hydrogen-bond donors (Lipinski definition) is 1. The van der Waals surface area contributed by atoms with E-state index in [1.807, 2.05) is 0 Å². The summed E-state index contributed by atoms with van der Waals surface area (Å²) in [5, 5.41) is 1.76. The molecule has 19 heavy (non-hydrogen) atoms. The first-order valence-electron chi connectivity index (χ1n) is 5.88. The van der Waals surface area contributed by atoms with Crippen LogP contribution in [0.25, 0.3) is 0 Å². The number of carbonyl (C=O) groups excluding carboxylic acids is 2. The fraction of sp³-hybridized carbons (Fsp3) is 0.818. The fourth-order valence-electron chi connectivity index (χ4n) is 1.23. The summed E-state index contributed by atoms with van der Waals surface area (Å²) in [7, 11) is 0. The van der Waals surface area contributed by atoms with Gasteiger partial charge in [0.05, 0.1) is 19.7 Å². The second-order valence-electron chi connectivity index (χ2n) is 4.20. The minimum atomic E-state index is -4.44. The van der Waals surface area contributed by atoms with Gasteiger partial charge in [0.25, 0.3) is 0 Å². The third-order valence-electron chi connectivity index (χ3n) is 2.20. The molecule has 0 aliphatic carbocycles. The summed E-state index contributed by atoms with van der Waals surface area (Å²) in [4.78, 5) is 24.1. The second-order valence-corrected chi connectivity index (χ2v) is 4.20. The second kappa shape index (κ2) is 7.98. The number of carbonyl (C=O) groups is 2. The van der Waals surface area contributed by atoms with Gasteiger partial charge in [0, 0.05) is 6.04 Å². The van der Waals surface area contributed by atoms with E-state index >= 15 is 0 Å². The quantitative estimate of drug-likeness (QED) is 0.707. The van der Waals surface area contributed by atoms with Gasteiger partial charge in [-0.05, 0) is 20.8 Å². The largest absolute Gasteiger partial charge is 0.465 e. The highest BCUT2D eigenvalue weighted by Crippen LogP contribution is 2.12. The molecule has 8 heteroatoms. The van der Waals surface area contributed by atoms with E-state index in [1.54, 1.807) is 26.1 Å². The van der Waals surface area contributed by atoms with Crippen molar-refractivity contribution < 1.29 is 27.5 Å². The normalized spacial score (nSPS) is 11.8. The lowest BCUT2D eigenvalue weighted by molar-refractivity contribution is -0.146.